The van der Waals surface area contributed by atoms with Crippen molar-refractivity contribution >= 4 is 24.3 Å². The lowest BCUT2D eigenvalue weighted by molar-refractivity contribution is 0.0291. The van der Waals surface area contributed by atoms with E-state index < -0.39 is 34.7 Å². The molecule has 4 unspecified atom stereocenters. The first-order valence-corrected chi connectivity index (χ1v) is 13.3. The van der Waals surface area contributed by atoms with Crippen LogP contribution in [-0.2, 0) is 10.7 Å². The normalized spacial score (nSPS) is 22.9. The minimum atomic E-state index is -3.50. The van der Waals surface area contributed by atoms with Crippen LogP contribution >= 0.6 is 0 Å². The van der Waals surface area contributed by atoms with Gasteiger partial charge in [-0.25, -0.2) is 9.78 Å². The van der Waals surface area contributed by atoms with Crippen LogP contribution in [0.5, 0.6) is 5.88 Å². The van der Waals surface area contributed by atoms with Crippen molar-refractivity contribution in [2.75, 3.05) is 20.2 Å². The summed E-state index contributed by atoms with van der Waals surface area (Å²) in [7, 11) is 1.10. The number of amides is 1. The lowest BCUT2D eigenvalue weighted by Gasteiger charge is -2.38. The Morgan fingerprint density at radius 3 is 2.60 bits per heavy atom. The molecule has 4 atom stereocenters. The first-order valence-electron chi connectivity index (χ1n) is 13.3. The Morgan fingerprint density at radius 2 is 1.88 bits per heavy atom. The van der Waals surface area contributed by atoms with Gasteiger partial charge in [-0.1, -0.05) is 24.8 Å². The van der Waals surface area contributed by atoms with E-state index in [2.05, 4.69) is 21.5 Å². The number of halogens is 2. The van der Waals surface area contributed by atoms with Gasteiger partial charge in [-0.3, -0.25) is 14.8 Å². The van der Waals surface area contributed by atoms with Crippen molar-refractivity contribution in [3.8, 4) is 5.88 Å². The van der Waals surface area contributed by atoms with E-state index in [-0.39, 0.29) is 36.3 Å². The van der Waals surface area contributed by atoms with Crippen LogP contribution in [0.2, 0.25) is 0 Å². The van der Waals surface area contributed by atoms with Gasteiger partial charge in [0.1, 0.15) is 11.7 Å². The average molecular weight is 553 g/mol. The highest BCUT2D eigenvalue weighted by Gasteiger charge is 2.40. The monoisotopic (exact) mass is 552 g/mol. The number of hydrogen-bond donors (Lipinski definition) is 0. The lowest BCUT2D eigenvalue weighted by atomic mass is 9.88. The average Bonchev–Trinajstić information content (AvgIpc) is 3.17. The van der Waals surface area contributed by atoms with E-state index in [1.54, 1.807) is 23.4 Å². The van der Waals surface area contributed by atoms with Crippen LogP contribution in [0, 0.1) is 0 Å². The summed E-state index contributed by atoms with van der Waals surface area (Å²) in [5, 5.41) is 0. The number of nitrogens with zero attached hydrogens (tertiary/aromatic N) is 4. The number of aliphatic imine (C=N–C) groups is 2. The maximum absolute atomic E-state index is 15.0. The number of methoxy groups -OCH3 is 1. The Hall–Kier alpha value is -3.95. The zero-order valence-electron chi connectivity index (χ0n) is 23.1. The highest BCUT2D eigenvalue weighted by atomic mass is 19.3. The van der Waals surface area contributed by atoms with Crippen LogP contribution in [0.25, 0.3) is 0 Å². The van der Waals surface area contributed by atoms with Crippen molar-refractivity contribution in [2.45, 2.75) is 63.6 Å². The second kappa shape index (κ2) is 12.1. The maximum atomic E-state index is 15.0. The fourth-order valence-corrected chi connectivity index (χ4v) is 5.11. The molecule has 1 aromatic heterocycles. The van der Waals surface area contributed by atoms with E-state index in [4.69, 9.17) is 9.47 Å². The molecule has 4 rings (SSSR count). The number of likely N-dealkylation sites (tertiary alicyclic amines) is 1. The molecule has 3 heterocycles. The number of piperidine rings is 1. The second-order valence-electron chi connectivity index (χ2n) is 10.3. The third-order valence-electron chi connectivity index (χ3n) is 7.53. The van der Waals surface area contributed by atoms with Crippen molar-refractivity contribution in [1.82, 2.24) is 9.88 Å². The largest absolute Gasteiger partial charge is 0.472 e. The molecule has 0 bridgehead atoms. The van der Waals surface area contributed by atoms with Gasteiger partial charge in [0.05, 0.1) is 19.7 Å². The molecule has 2 aliphatic rings. The van der Waals surface area contributed by atoms with Crippen LogP contribution < -0.4 is 4.74 Å². The highest BCUT2D eigenvalue weighted by Crippen LogP contribution is 2.39. The van der Waals surface area contributed by atoms with Gasteiger partial charge in [0.25, 0.3) is 11.8 Å². The van der Waals surface area contributed by atoms with Gasteiger partial charge in [-0.2, -0.15) is 8.78 Å². The Labute approximate surface area is 232 Å². The van der Waals surface area contributed by atoms with Crippen molar-refractivity contribution < 1.29 is 27.8 Å². The Bertz CT molecular complexity index is 1340. The number of rotatable bonds is 7. The highest BCUT2D eigenvalue weighted by molar-refractivity contribution is 6.16. The standard InChI is InChI=1S/C30H34F2N4O4/c1-18(2)30(31,32)25-12-13-35-27(26(25)29(38)39-5)40-21-11-10-19(3)36(17-21)28(37)23-9-7-6-8-22(23)24-16-33-14-15-34-20(24)4/h6-9,12-15,19-21,24H,1,10-11,16-17H2,2-5H3. The van der Waals surface area contributed by atoms with E-state index in [1.807, 2.05) is 32.0 Å². The van der Waals surface area contributed by atoms with E-state index >= 15 is 0 Å². The van der Waals surface area contributed by atoms with Crippen molar-refractivity contribution in [3.05, 3.63) is 70.9 Å². The molecule has 1 aromatic carbocycles. The number of alkyl halides is 2. The SMILES string of the molecule is C=C(C)C(F)(F)c1ccnc(OC2CCC(C)N(C(=O)c3ccccc3C3CN=CC=NC3C)C2)c1C(=O)OC. The van der Waals surface area contributed by atoms with Crippen LogP contribution in [0.4, 0.5) is 8.78 Å². The fourth-order valence-electron chi connectivity index (χ4n) is 5.11. The number of hydrogen-bond acceptors (Lipinski definition) is 7. The molecule has 2 aliphatic heterocycles. The van der Waals surface area contributed by atoms with Gasteiger partial charge in [-0.15, -0.1) is 0 Å². The molecule has 1 fully saturated rings. The molecule has 10 heteroatoms. The van der Waals surface area contributed by atoms with Crippen molar-refractivity contribution in [1.29, 1.82) is 0 Å². The molecule has 1 saturated heterocycles. The summed E-state index contributed by atoms with van der Waals surface area (Å²) in [6.07, 6.45) is 5.09. The summed E-state index contributed by atoms with van der Waals surface area (Å²) in [6, 6.07) is 8.39. The molecular weight excluding hydrogens is 518 g/mol. The molecule has 0 aliphatic carbocycles. The second-order valence-corrected chi connectivity index (χ2v) is 10.3. The lowest BCUT2D eigenvalue weighted by Crippen LogP contribution is -2.49. The molecule has 212 valence electrons. The Morgan fingerprint density at radius 1 is 1.12 bits per heavy atom. The number of pyridine rings is 1. The van der Waals surface area contributed by atoms with E-state index in [0.717, 1.165) is 24.9 Å². The third-order valence-corrected chi connectivity index (χ3v) is 7.53. The molecule has 8 nitrogen and oxygen atoms in total. The third kappa shape index (κ3) is 5.80. The van der Waals surface area contributed by atoms with Gasteiger partial charge in [0.2, 0.25) is 5.88 Å². The summed E-state index contributed by atoms with van der Waals surface area (Å²) in [5.41, 5.74) is -0.0448. The van der Waals surface area contributed by atoms with Crippen LogP contribution in [-0.4, -0.2) is 72.6 Å². The van der Waals surface area contributed by atoms with Crippen molar-refractivity contribution in [2.24, 2.45) is 9.98 Å². The number of allylic oxidation sites excluding steroid dienone is 1. The zero-order valence-corrected chi connectivity index (χ0v) is 23.1. The predicted molar refractivity (Wildman–Crippen MR) is 149 cm³/mol. The minimum absolute atomic E-state index is 0.0567. The van der Waals surface area contributed by atoms with Crippen LogP contribution in [0.3, 0.4) is 0 Å². The number of ether oxygens (including phenoxy) is 2. The summed E-state index contributed by atoms with van der Waals surface area (Å²) < 4.78 is 40.8. The van der Waals surface area contributed by atoms with Crippen LogP contribution in [0.15, 0.2) is 58.7 Å². The smallest absolute Gasteiger partial charge is 0.343 e. The molecule has 0 N–H and O–H groups in total. The fraction of sp³-hybridized carbons (Fsp3) is 0.433. The minimum Gasteiger partial charge on any atom is -0.472 e. The molecule has 0 radical (unpaired) electrons. The molecule has 1 amide bonds. The molecular formula is C30H34F2N4O4. The number of aromatic nitrogens is 1. The predicted octanol–water partition coefficient (Wildman–Crippen LogP) is 5.24. The number of carbonyl (C=O) groups is 2. The first kappa shape index (κ1) is 29.0. The quantitative estimate of drug-likeness (QED) is 0.346. The number of carbonyl (C=O) groups excluding carboxylic acids is 2. The maximum Gasteiger partial charge on any atom is 0.343 e. The Balaban J connectivity index is 1.63. The number of benzene rings is 1. The molecule has 0 spiro atoms. The van der Waals surface area contributed by atoms with E-state index in [0.29, 0.717) is 24.9 Å². The Kier molecular flexibility index (Phi) is 8.76. The molecule has 2 aromatic rings. The van der Waals surface area contributed by atoms with Gasteiger partial charge >= 0.3 is 5.97 Å². The molecule has 0 saturated carbocycles. The van der Waals surface area contributed by atoms with Crippen LogP contribution in [0.1, 0.15) is 71.4 Å². The summed E-state index contributed by atoms with van der Waals surface area (Å²) in [4.78, 5) is 41.3. The summed E-state index contributed by atoms with van der Waals surface area (Å²) >= 11 is 0. The van der Waals surface area contributed by atoms with E-state index in [1.165, 1.54) is 6.92 Å². The van der Waals surface area contributed by atoms with Crippen molar-refractivity contribution in [3.63, 3.8) is 0 Å². The van der Waals surface area contributed by atoms with Gasteiger partial charge in [-0.05, 0) is 56.9 Å². The zero-order chi connectivity index (χ0) is 29.0. The topological polar surface area (TPSA) is 93.5 Å². The summed E-state index contributed by atoms with van der Waals surface area (Å²) in [6.45, 7) is 9.22. The summed E-state index contributed by atoms with van der Waals surface area (Å²) in [5.74, 6) is -4.98. The number of esters is 1. The molecule has 40 heavy (non-hydrogen) atoms. The van der Waals surface area contributed by atoms with Gasteiger partial charge in [0.15, 0.2) is 0 Å². The van der Waals surface area contributed by atoms with E-state index in [9.17, 15) is 18.4 Å². The first-order chi connectivity index (χ1) is 19.1. The van der Waals surface area contributed by atoms with Gasteiger partial charge < -0.3 is 14.4 Å². The van der Waals surface area contributed by atoms with Gasteiger partial charge in [0, 0.05) is 48.3 Å².